The molecule has 0 fully saturated rings. The van der Waals surface area contributed by atoms with Crippen molar-refractivity contribution in [3.63, 3.8) is 0 Å². The Morgan fingerprint density at radius 2 is 2.14 bits per heavy atom. The standard InChI is InChI=1S/C14H15F2N5O/c1-8-19-20-13-5-3-10(7-21(8)13)18-14(22)17-9-2-4-11(15)12(16)6-9/h2,4,6,10H,3,5,7H2,1H3,(H2,17,18,22)/t10-/m0/s1. The Kier molecular flexibility index (Phi) is 3.74. The molecule has 2 N–H and O–H groups in total. The number of carbonyl (C=O) groups is 1. The molecule has 1 atom stereocenters. The summed E-state index contributed by atoms with van der Waals surface area (Å²) in [6.07, 6.45) is 1.49. The van der Waals surface area contributed by atoms with Gasteiger partial charge in [-0.25, -0.2) is 13.6 Å². The number of anilines is 1. The van der Waals surface area contributed by atoms with Gasteiger partial charge in [-0.2, -0.15) is 0 Å². The number of fused-ring (bicyclic) bond motifs is 1. The maximum Gasteiger partial charge on any atom is 0.319 e. The third kappa shape index (κ3) is 2.90. The molecule has 1 aliphatic heterocycles. The molecule has 2 aromatic rings. The van der Waals surface area contributed by atoms with E-state index in [0.717, 1.165) is 36.6 Å². The summed E-state index contributed by atoms with van der Waals surface area (Å²) in [5.74, 6) is -0.229. The van der Waals surface area contributed by atoms with Gasteiger partial charge in [-0.15, -0.1) is 10.2 Å². The summed E-state index contributed by atoms with van der Waals surface area (Å²) >= 11 is 0. The summed E-state index contributed by atoms with van der Waals surface area (Å²) in [4.78, 5) is 11.9. The van der Waals surface area contributed by atoms with E-state index in [4.69, 9.17) is 0 Å². The zero-order valence-corrected chi connectivity index (χ0v) is 11.9. The molecule has 0 saturated carbocycles. The fraction of sp³-hybridized carbons (Fsp3) is 0.357. The second kappa shape index (κ2) is 5.70. The Labute approximate surface area is 125 Å². The van der Waals surface area contributed by atoms with Gasteiger partial charge in [0.1, 0.15) is 11.6 Å². The van der Waals surface area contributed by atoms with E-state index in [1.54, 1.807) is 0 Å². The van der Waals surface area contributed by atoms with Crippen LogP contribution in [0.15, 0.2) is 18.2 Å². The normalized spacial score (nSPS) is 17.0. The SMILES string of the molecule is Cc1nnc2n1C[C@@H](NC(=O)Nc1ccc(F)c(F)c1)CC2. The number of carbonyl (C=O) groups excluding carboxylic acids is 1. The van der Waals surface area contributed by atoms with Crippen molar-refractivity contribution < 1.29 is 13.6 Å². The van der Waals surface area contributed by atoms with Crippen LogP contribution in [0.25, 0.3) is 0 Å². The molecule has 0 aliphatic carbocycles. The van der Waals surface area contributed by atoms with E-state index in [-0.39, 0.29) is 11.7 Å². The van der Waals surface area contributed by atoms with Crippen LogP contribution in [0.4, 0.5) is 19.3 Å². The lowest BCUT2D eigenvalue weighted by Gasteiger charge is -2.25. The zero-order valence-electron chi connectivity index (χ0n) is 11.9. The highest BCUT2D eigenvalue weighted by Crippen LogP contribution is 2.16. The molecule has 2 amide bonds. The van der Waals surface area contributed by atoms with Crippen molar-refractivity contribution in [3.8, 4) is 0 Å². The number of rotatable bonds is 2. The first-order valence-corrected chi connectivity index (χ1v) is 6.94. The predicted molar refractivity (Wildman–Crippen MR) is 75.4 cm³/mol. The number of hydrogen-bond donors (Lipinski definition) is 2. The van der Waals surface area contributed by atoms with E-state index in [0.29, 0.717) is 6.54 Å². The van der Waals surface area contributed by atoms with Crippen molar-refractivity contribution in [1.29, 1.82) is 0 Å². The first kappa shape index (κ1) is 14.4. The molecular weight excluding hydrogens is 292 g/mol. The van der Waals surface area contributed by atoms with Crippen molar-refractivity contribution in [1.82, 2.24) is 20.1 Å². The zero-order chi connectivity index (χ0) is 15.7. The summed E-state index contributed by atoms with van der Waals surface area (Å²) in [7, 11) is 0. The number of aryl methyl sites for hydroxylation is 2. The summed E-state index contributed by atoms with van der Waals surface area (Å²) in [6, 6.07) is 2.70. The average molecular weight is 307 g/mol. The van der Waals surface area contributed by atoms with Crippen molar-refractivity contribution in [2.75, 3.05) is 5.32 Å². The summed E-state index contributed by atoms with van der Waals surface area (Å²) in [5, 5.41) is 13.4. The number of urea groups is 1. The van der Waals surface area contributed by atoms with E-state index in [2.05, 4.69) is 20.8 Å². The van der Waals surface area contributed by atoms with Crippen molar-refractivity contribution >= 4 is 11.7 Å². The quantitative estimate of drug-likeness (QED) is 0.891. The molecule has 0 radical (unpaired) electrons. The molecule has 2 heterocycles. The third-order valence-corrected chi connectivity index (χ3v) is 3.64. The number of nitrogens with one attached hydrogen (secondary N) is 2. The fourth-order valence-corrected chi connectivity index (χ4v) is 2.51. The number of halogens is 2. The van der Waals surface area contributed by atoms with Crippen molar-refractivity contribution in [3.05, 3.63) is 41.5 Å². The lowest BCUT2D eigenvalue weighted by atomic mass is 10.1. The molecule has 1 aromatic heterocycles. The Balaban J connectivity index is 1.60. The Hall–Kier alpha value is -2.51. The van der Waals surface area contributed by atoms with Gasteiger partial charge in [0.15, 0.2) is 11.6 Å². The van der Waals surface area contributed by atoms with Gasteiger partial charge >= 0.3 is 6.03 Å². The van der Waals surface area contributed by atoms with Crippen LogP contribution in [0, 0.1) is 18.6 Å². The van der Waals surface area contributed by atoms with Crippen molar-refractivity contribution in [2.24, 2.45) is 0 Å². The van der Waals surface area contributed by atoms with Crippen molar-refractivity contribution in [2.45, 2.75) is 32.4 Å². The van der Waals surface area contributed by atoms with Crippen LogP contribution in [0.1, 0.15) is 18.1 Å². The average Bonchev–Trinajstić information content (AvgIpc) is 2.84. The monoisotopic (exact) mass is 307 g/mol. The largest absolute Gasteiger partial charge is 0.333 e. The Morgan fingerprint density at radius 3 is 2.91 bits per heavy atom. The predicted octanol–water partition coefficient (Wildman–Crippen LogP) is 2.00. The minimum atomic E-state index is -1.000. The molecular formula is C14H15F2N5O. The lowest BCUT2D eigenvalue weighted by Crippen LogP contribution is -2.43. The van der Waals surface area contributed by atoms with Gasteiger partial charge in [-0.1, -0.05) is 0 Å². The van der Waals surface area contributed by atoms with Crippen LogP contribution in [-0.4, -0.2) is 26.8 Å². The van der Waals surface area contributed by atoms with Crippen LogP contribution in [-0.2, 0) is 13.0 Å². The molecule has 3 rings (SSSR count). The molecule has 1 aromatic carbocycles. The fourth-order valence-electron chi connectivity index (χ4n) is 2.51. The first-order chi connectivity index (χ1) is 10.5. The Morgan fingerprint density at radius 1 is 1.32 bits per heavy atom. The second-order valence-electron chi connectivity index (χ2n) is 5.24. The summed E-state index contributed by atoms with van der Waals surface area (Å²) in [5.41, 5.74) is 0.202. The molecule has 0 bridgehead atoms. The second-order valence-corrected chi connectivity index (χ2v) is 5.24. The van der Waals surface area contributed by atoms with Gasteiger partial charge < -0.3 is 15.2 Å². The molecule has 1 aliphatic rings. The highest BCUT2D eigenvalue weighted by atomic mass is 19.2. The van der Waals surface area contributed by atoms with Crippen LogP contribution in [0.5, 0.6) is 0 Å². The molecule has 22 heavy (non-hydrogen) atoms. The van der Waals surface area contributed by atoms with Crippen LogP contribution in [0.3, 0.4) is 0 Å². The van der Waals surface area contributed by atoms with Gasteiger partial charge in [0.05, 0.1) is 0 Å². The lowest BCUT2D eigenvalue weighted by molar-refractivity contribution is 0.244. The number of amides is 2. The van der Waals surface area contributed by atoms with Gasteiger partial charge in [-0.05, 0) is 25.5 Å². The molecule has 8 heteroatoms. The number of aromatic nitrogens is 3. The first-order valence-electron chi connectivity index (χ1n) is 6.94. The summed E-state index contributed by atoms with van der Waals surface area (Å²) < 4.78 is 27.9. The van der Waals surface area contributed by atoms with Gasteiger partial charge in [-0.3, -0.25) is 0 Å². The van der Waals surface area contributed by atoms with E-state index in [1.807, 2.05) is 11.5 Å². The van der Waals surface area contributed by atoms with Gasteiger partial charge in [0.25, 0.3) is 0 Å². The van der Waals surface area contributed by atoms with Crippen LogP contribution < -0.4 is 10.6 Å². The summed E-state index contributed by atoms with van der Waals surface area (Å²) in [6.45, 7) is 2.46. The minimum Gasteiger partial charge on any atom is -0.333 e. The molecule has 6 nitrogen and oxygen atoms in total. The van der Waals surface area contributed by atoms with Gasteiger partial charge in [0.2, 0.25) is 0 Å². The van der Waals surface area contributed by atoms with Gasteiger partial charge in [0, 0.05) is 30.8 Å². The smallest absolute Gasteiger partial charge is 0.319 e. The topological polar surface area (TPSA) is 71.8 Å². The maximum absolute atomic E-state index is 13.1. The number of hydrogen-bond acceptors (Lipinski definition) is 3. The van der Waals surface area contributed by atoms with Crippen LogP contribution >= 0.6 is 0 Å². The number of nitrogens with zero attached hydrogens (tertiary/aromatic N) is 3. The third-order valence-electron chi connectivity index (χ3n) is 3.64. The van der Waals surface area contributed by atoms with E-state index in [1.165, 1.54) is 6.07 Å². The molecule has 0 saturated heterocycles. The molecule has 0 spiro atoms. The highest BCUT2D eigenvalue weighted by Gasteiger charge is 2.22. The molecule has 0 unspecified atom stereocenters. The van der Waals surface area contributed by atoms with E-state index in [9.17, 15) is 13.6 Å². The molecule has 116 valence electrons. The highest BCUT2D eigenvalue weighted by molar-refractivity contribution is 5.89. The Bertz CT molecular complexity index is 715. The minimum absolute atomic E-state index is 0.0625. The van der Waals surface area contributed by atoms with Crippen LogP contribution in [0.2, 0.25) is 0 Å². The van der Waals surface area contributed by atoms with E-state index < -0.39 is 17.7 Å². The van der Waals surface area contributed by atoms with E-state index >= 15 is 0 Å². The maximum atomic E-state index is 13.1. The number of benzene rings is 1.